The van der Waals surface area contributed by atoms with Crippen molar-refractivity contribution in [3.8, 4) is 0 Å². The van der Waals surface area contributed by atoms with Gasteiger partial charge in [-0.3, -0.25) is 4.79 Å². The molecule has 0 bridgehead atoms. The van der Waals surface area contributed by atoms with Crippen molar-refractivity contribution in [2.24, 2.45) is 11.7 Å². The molecule has 1 amide bonds. The SMILES string of the molecule is CC(CN)C(=O)NC(C)c1ccc(C(F)(F)F)cc1. The first-order valence-electron chi connectivity index (χ1n) is 5.93. The molecule has 1 aromatic rings. The number of nitrogens with one attached hydrogen (secondary N) is 1. The molecule has 0 saturated heterocycles. The summed E-state index contributed by atoms with van der Waals surface area (Å²) in [4.78, 5) is 11.6. The van der Waals surface area contributed by atoms with Crippen LogP contribution in [-0.2, 0) is 11.0 Å². The summed E-state index contributed by atoms with van der Waals surface area (Å²) in [5.74, 6) is -0.535. The van der Waals surface area contributed by atoms with E-state index in [-0.39, 0.29) is 24.4 Å². The number of hydrogen-bond acceptors (Lipinski definition) is 2. The largest absolute Gasteiger partial charge is 0.416 e. The highest BCUT2D eigenvalue weighted by atomic mass is 19.4. The standard InChI is InChI=1S/C13H17F3N2O/c1-8(7-17)12(19)18-9(2)10-3-5-11(6-4-10)13(14,15)16/h3-6,8-9H,7,17H2,1-2H3,(H,18,19). The number of benzene rings is 1. The number of hydrogen-bond donors (Lipinski definition) is 2. The Morgan fingerprint density at radius 3 is 2.21 bits per heavy atom. The quantitative estimate of drug-likeness (QED) is 0.886. The number of amides is 1. The van der Waals surface area contributed by atoms with Crippen LogP contribution in [0.3, 0.4) is 0 Å². The summed E-state index contributed by atoms with van der Waals surface area (Å²) in [7, 11) is 0. The minimum Gasteiger partial charge on any atom is -0.349 e. The number of nitrogens with two attached hydrogens (primary N) is 1. The summed E-state index contributed by atoms with van der Waals surface area (Å²) in [6, 6.07) is 4.37. The Morgan fingerprint density at radius 2 is 1.79 bits per heavy atom. The van der Waals surface area contributed by atoms with Gasteiger partial charge >= 0.3 is 6.18 Å². The molecule has 0 heterocycles. The van der Waals surface area contributed by atoms with E-state index in [0.717, 1.165) is 12.1 Å². The van der Waals surface area contributed by atoms with E-state index in [9.17, 15) is 18.0 Å². The highest BCUT2D eigenvalue weighted by molar-refractivity contribution is 5.78. The van der Waals surface area contributed by atoms with E-state index in [1.807, 2.05) is 0 Å². The summed E-state index contributed by atoms with van der Waals surface area (Å²) in [5, 5.41) is 2.70. The minimum absolute atomic E-state index is 0.213. The molecule has 0 aliphatic heterocycles. The number of carbonyl (C=O) groups excluding carboxylic acids is 1. The number of carbonyl (C=O) groups is 1. The van der Waals surface area contributed by atoms with Crippen molar-refractivity contribution in [2.75, 3.05) is 6.54 Å². The zero-order valence-corrected chi connectivity index (χ0v) is 10.8. The van der Waals surface area contributed by atoms with Crippen LogP contribution >= 0.6 is 0 Å². The summed E-state index contributed by atoms with van der Waals surface area (Å²) in [5.41, 5.74) is 5.28. The van der Waals surface area contributed by atoms with Gasteiger partial charge in [0.1, 0.15) is 0 Å². The molecule has 2 unspecified atom stereocenters. The van der Waals surface area contributed by atoms with Crippen molar-refractivity contribution in [1.29, 1.82) is 0 Å². The van der Waals surface area contributed by atoms with Gasteiger partial charge in [0.2, 0.25) is 5.91 Å². The van der Waals surface area contributed by atoms with Crippen molar-refractivity contribution in [3.05, 3.63) is 35.4 Å². The molecule has 1 rings (SSSR count). The maximum Gasteiger partial charge on any atom is 0.416 e. The zero-order valence-electron chi connectivity index (χ0n) is 10.8. The van der Waals surface area contributed by atoms with Gasteiger partial charge in [-0.25, -0.2) is 0 Å². The summed E-state index contributed by atoms with van der Waals surface area (Å²) in [6.45, 7) is 3.63. The first-order valence-corrected chi connectivity index (χ1v) is 5.93. The van der Waals surface area contributed by atoms with Gasteiger partial charge < -0.3 is 11.1 Å². The molecule has 0 spiro atoms. The van der Waals surface area contributed by atoms with Crippen LogP contribution in [0.2, 0.25) is 0 Å². The summed E-state index contributed by atoms with van der Waals surface area (Å²) in [6.07, 6.45) is -4.35. The van der Waals surface area contributed by atoms with Crippen LogP contribution in [0.1, 0.15) is 31.0 Å². The third-order valence-electron chi connectivity index (χ3n) is 2.90. The van der Waals surface area contributed by atoms with Crippen molar-refractivity contribution < 1.29 is 18.0 Å². The Kier molecular flexibility index (Phi) is 4.94. The highest BCUT2D eigenvalue weighted by Gasteiger charge is 2.30. The molecule has 106 valence electrons. The maximum absolute atomic E-state index is 12.4. The smallest absolute Gasteiger partial charge is 0.349 e. The lowest BCUT2D eigenvalue weighted by Gasteiger charge is -2.17. The monoisotopic (exact) mass is 274 g/mol. The molecule has 0 radical (unpaired) electrons. The Hall–Kier alpha value is -1.56. The highest BCUT2D eigenvalue weighted by Crippen LogP contribution is 2.29. The van der Waals surface area contributed by atoms with Crippen molar-refractivity contribution in [1.82, 2.24) is 5.32 Å². The second-order valence-electron chi connectivity index (χ2n) is 4.49. The zero-order chi connectivity index (χ0) is 14.6. The van der Waals surface area contributed by atoms with Crippen LogP contribution in [0.5, 0.6) is 0 Å². The van der Waals surface area contributed by atoms with E-state index >= 15 is 0 Å². The van der Waals surface area contributed by atoms with E-state index in [2.05, 4.69) is 5.32 Å². The number of rotatable bonds is 4. The molecule has 6 heteroatoms. The lowest BCUT2D eigenvalue weighted by atomic mass is 10.0. The number of halogens is 3. The molecule has 0 fully saturated rings. The van der Waals surface area contributed by atoms with E-state index < -0.39 is 11.7 Å². The van der Waals surface area contributed by atoms with Gasteiger partial charge in [-0.2, -0.15) is 13.2 Å². The Morgan fingerprint density at radius 1 is 1.26 bits per heavy atom. The third-order valence-corrected chi connectivity index (χ3v) is 2.90. The lowest BCUT2D eigenvalue weighted by molar-refractivity contribution is -0.137. The molecule has 1 aromatic carbocycles. The fourth-order valence-corrected chi connectivity index (χ4v) is 1.51. The van der Waals surface area contributed by atoms with Gasteiger partial charge in [0.05, 0.1) is 11.6 Å². The molecule has 0 aliphatic carbocycles. The number of alkyl halides is 3. The van der Waals surface area contributed by atoms with Crippen molar-refractivity contribution in [2.45, 2.75) is 26.1 Å². The minimum atomic E-state index is -4.35. The Labute approximate surface area is 110 Å². The van der Waals surface area contributed by atoms with E-state index in [1.54, 1.807) is 13.8 Å². The van der Waals surface area contributed by atoms with Gasteiger partial charge in [-0.15, -0.1) is 0 Å². The molecular formula is C13H17F3N2O. The van der Waals surface area contributed by atoms with Gasteiger partial charge in [-0.1, -0.05) is 19.1 Å². The Bertz CT molecular complexity index is 429. The predicted molar refractivity (Wildman–Crippen MR) is 66.2 cm³/mol. The Balaban J connectivity index is 2.73. The summed E-state index contributed by atoms with van der Waals surface area (Å²) >= 11 is 0. The average molecular weight is 274 g/mol. The first-order chi connectivity index (χ1) is 8.75. The maximum atomic E-state index is 12.4. The van der Waals surface area contributed by atoms with Gasteiger partial charge in [-0.05, 0) is 24.6 Å². The predicted octanol–water partition coefficient (Wildman–Crippen LogP) is 2.48. The fraction of sp³-hybridized carbons (Fsp3) is 0.462. The molecule has 0 aliphatic rings. The van der Waals surface area contributed by atoms with Crippen molar-refractivity contribution in [3.63, 3.8) is 0 Å². The molecule has 0 saturated carbocycles. The van der Waals surface area contributed by atoms with Crippen LogP contribution in [0.15, 0.2) is 24.3 Å². The second-order valence-corrected chi connectivity index (χ2v) is 4.49. The average Bonchev–Trinajstić information content (AvgIpc) is 2.36. The van der Waals surface area contributed by atoms with Crippen LogP contribution in [0.25, 0.3) is 0 Å². The van der Waals surface area contributed by atoms with Crippen molar-refractivity contribution >= 4 is 5.91 Å². The second kappa shape index (κ2) is 6.06. The van der Waals surface area contributed by atoms with Gasteiger partial charge in [0, 0.05) is 12.5 Å². The molecule has 3 nitrogen and oxygen atoms in total. The molecule has 2 atom stereocenters. The molecular weight excluding hydrogens is 257 g/mol. The van der Waals surface area contributed by atoms with Crippen LogP contribution in [0, 0.1) is 5.92 Å². The van der Waals surface area contributed by atoms with Crippen LogP contribution in [-0.4, -0.2) is 12.5 Å². The lowest BCUT2D eigenvalue weighted by Crippen LogP contribution is -2.34. The topological polar surface area (TPSA) is 55.1 Å². The van der Waals surface area contributed by atoms with Crippen LogP contribution < -0.4 is 11.1 Å². The van der Waals surface area contributed by atoms with Gasteiger partial charge in [0.15, 0.2) is 0 Å². The molecule has 3 N–H and O–H groups in total. The first kappa shape index (κ1) is 15.5. The van der Waals surface area contributed by atoms with Gasteiger partial charge in [0.25, 0.3) is 0 Å². The van der Waals surface area contributed by atoms with E-state index in [4.69, 9.17) is 5.73 Å². The molecule has 0 aromatic heterocycles. The summed E-state index contributed by atoms with van der Waals surface area (Å²) < 4.78 is 37.2. The third kappa shape index (κ3) is 4.24. The fourth-order valence-electron chi connectivity index (χ4n) is 1.51. The van der Waals surface area contributed by atoms with E-state index in [0.29, 0.717) is 5.56 Å². The normalized spacial score (nSPS) is 14.8. The van der Waals surface area contributed by atoms with Crippen LogP contribution in [0.4, 0.5) is 13.2 Å². The molecule has 19 heavy (non-hydrogen) atoms. The van der Waals surface area contributed by atoms with E-state index in [1.165, 1.54) is 12.1 Å².